The summed E-state index contributed by atoms with van der Waals surface area (Å²) in [6, 6.07) is 0. The Morgan fingerprint density at radius 1 is 0.533 bits per heavy atom. The van der Waals surface area contributed by atoms with Crippen molar-refractivity contribution in [3.63, 3.8) is 0 Å². The van der Waals surface area contributed by atoms with Crippen LogP contribution in [0.25, 0.3) is 0 Å². The van der Waals surface area contributed by atoms with E-state index in [1.807, 2.05) is 6.92 Å². The molecule has 0 aliphatic heterocycles. The minimum Gasteiger partial charge on any atom is -0.481 e. The van der Waals surface area contributed by atoms with Crippen LogP contribution in [0.1, 0.15) is 155 Å². The molecule has 0 atom stereocenters. The molecule has 3 N–H and O–H groups in total. The van der Waals surface area contributed by atoms with Crippen molar-refractivity contribution in [1.29, 1.82) is 0 Å². The Morgan fingerprint density at radius 3 is 1.03 bits per heavy atom. The number of hydrogen-bond acceptors (Lipinski definition) is 3. The largest absolute Gasteiger partial charge is 0.481 e. The lowest BCUT2D eigenvalue weighted by Gasteiger charge is -2.03. The van der Waals surface area contributed by atoms with Gasteiger partial charge in [-0.1, -0.05) is 136 Å². The Kier molecular flexibility index (Phi) is 29.9. The molecule has 0 saturated heterocycles. The number of carboxylic acids is 1. The smallest absolute Gasteiger partial charge is 0.303 e. The first-order valence-corrected chi connectivity index (χ1v) is 13.1. The highest BCUT2D eigenvalue weighted by Crippen LogP contribution is 2.14. The summed E-state index contributed by atoms with van der Waals surface area (Å²) in [5.41, 5.74) is 0. The van der Waals surface area contributed by atoms with Crippen molar-refractivity contribution in [1.82, 2.24) is 0 Å². The van der Waals surface area contributed by atoms with Crippen LogP contribution in [-0.4, -0.2) is 27.6 Å². The van der Waals surface area contributed by atoms with Gasteiger partial charge in [-0.25, -0.2) is 0 Å². The SMILES string of the molecule is CCCC(O)O.CCCCCCCCCCCCCCCCCCCCCC(=O)O. The highest BCUT2D eigenvalue weighted by atomic mass is 16.5. The fraction of sp³-hybridized carbons (Fsp3) is 0.962. The number of carbonyl (C=O) groups is 1. The third-order valence-corrected chi connectivity index (χ3v) is 5.54. The summed E-state index contributed by atoms with van der Waals surface area (Å²) in [6.07, 6.45) is 26.3. The quantitative estimate of drug-likeness (QED) is 0.120. The minimum absolute atomic E-state index is 0.346. The third kappa shape index (κ3) is 34.9. The Morgan fingerprint density at radius 2 is 0.833 bits per heavy atom. The number of unbranched alkanes of at least 4 members (excludes halogenated alkanes) is 18. The average Bonchev–Trinajstić information content (AvgIpc) is 2.70. The van der Waals surface area contributed by atoms with E-state index < -0.39 is 12.3 Å². The molecular weight excluding hydrogens is 376 g/mol. The van der Waals surface area contributed by atoms with E-state index in [-0.39, 0.29) is 0 Å². The number of aliphatic carboxylic acids is 1. The van der Waals surface area contributed by atoms with Crippen LogP contribution in [0.15, 0.2) is 0 Å². The van der Waals surface area contributed by atoms with Gasteiger partial charge in [-0.2, -0.15) is 0 Å². The topological polar surface area (TPSA) is 77.8 Å². The molecule has 0 bridgehead atoms. The molecule has 0 aromatic carbocycles. The molecule has 0 aliphatic rings. The summed E-state index contributed by atoms with van der Waals surface area (Å²) in [4.78, 5) is 10.4. The third-order valence-electron chi connectivity index (χ3n) is 5.54. The number of aliphatic hydroxyl groups is 2. The maximum absolute atomic E-state index is 10.4. The molecule has 0 aromatic heterocycles. The van der Waals surface area contributed by atoms with Gasteiger partial charge >= 0.3 is 5.97 Å². The normalized spacial score (nSPS) is 10.8. The van der Waals surface area contributed by atoms with Crippen molar-refractivity contribution in [3.05, 3.63) is 0 Å². The van der Waals surface area contributed by atoms with Crippen LogP contribution < -0.4 is 0 Å². The van der Waals surface area contributed by atoms with Crippen molar-refractivity contribution >= 4 is 5.97 Å². The molecule has 0 unspecified atom stereocenters. The highest BCUT2D eigenvalue weighted by molar-refractivity contribution is 5.66. The fourth-order valence-electron chi connectivity index (χ4n) is 3.61. The summed E-state index contributed by atoms with van der Waals surface area (Å²) in [5.74, 6) is -0.651. The lowest BCUT2D eigenvalue weighted by molar-refractivity contribution is -0.137. The lowest BCUT2D eigenvalue weighted by Crippen LogP contribution is -2.01. The van der Waals surface area contributed by atoms with Crippen molar-refractivity contribution in [3.8, 4) is 0 Å². The maximum Gasteiger partial charge on any atom is 0.303 e. The summed E-state index contributed by atoms with van der Waals surface area (Å²) in [6.45, 7) is 4.19. The molecule has 0 amide bonds. The summed E-state index contributed by atoms with van der Waals surface area (Å²) in [7, 11) is 0. The molecule has 30 heavy (non-hydrogen) atoms. The first-order valence-electron chi connectivity index (χ1n) is 13.1. The lowest BCUT2D eigenvalue weighted by atomic mass is 10.0. The molecule has 0 heterocycles. The van der Waals surface area contributed by atoms with Crippen LogP contribution in [-0.2, 0) is 4.79 Å². The van der Waals surface area contributed by atoms with Gasteiger partial charge in [0.15, 0.2) is 6.29 Å². The Labute approximate surface area is 187 Å². The fourth-order valence-corrected chi connectivity index (χ4v) is 3.61. The van der Waals surface area contributed by atoms with E-state index in [0.717, 1.165) is 19.3 Å². The van der Waals surface area contributed by atoms with Gasteiger partial charge in [0.2, 0.25) is 0 Å². The van der Waals surface area contributed by atoms with Gasteiger partial charge in [0.1, 0.15) is 0 Å². The van der Waals surface area contributed by atoms with Crippen molar-refractivity contribution in [2.75, 3.05) is 0 Å². The monoisotopic (exact) mass is 430 g/mol. The standard InChI is InChI=1S/C22H44O2.C4H10O2/c1-2-3-4-5-6-7-8-9-10-11-12-13-14-15-16-17-18-19-20-21-22(23)24;1-2-3-4(5)6/h2-21H2,1H3,(H,23,24);4-6H,2-3H2,1H3. The first kappa shape index (κ1) is 31.6. The van der Waals surface area contributed by atoms with Crippen LogP contribution in [0.4, 0.5) is 0 Å². The molecule has 0 radical (unpaired) electrons. The van der Waals surface area contributed by atoms with Crippen LogP contribution in [0.5, 0.6) is 0 Å². The number of aliphatic hydroxyl groups excluding tert-OH is 1. The summed E-state index contributed by atoms with van der Waals surface area (Å²) in [5, 5.41) is 24.8. The van der Waals surface area contributed by atoms with Crippen molar-refractivity contribution in [2.24, 2.45) is 0 Å². The van der Waals surface area contributed by atoms with Gasteiger partial charge in [0.25, 0.3) is 0 Å². The van der Waals surface area contributed by atoms with E-state index >= 15 is 0 Å². The van der Waals surface area contributed by atoms with E-state index in [4.69, 9.17) is 15.3 Å². The molecule has 4 nitrogen and oxygen atoms in total. The zero-order chi connectivity index (χ0) is 22.7. The number of rotatable bonds is 22. The second-order valence-corrected chi connectivity index (χ2v) is 8.78. The highest BCUT2D eigenvalue weighted by Gasteiger charge is 1.97. The van der Waals surface area contributed by atoms with Gasteiger partial charge in [0, 0.05) is 6.42 Å². The molecule has 0 aromatic rings. The van der Waals surface area contributed by atoms with Crippen molar-refractivity contribution in [2.45, 2.75) is 161 Å². The van der Waals surface area contributed by atoms with Gasteiger partial charge in [-0.3, -0.25) is 4.79 Å². The minimum atomic E-state index is -1.10. The molecule has 0 rings (SSSR count). The predicted molar refractivity (Wildman–Crippen MR) is 129 cm³/mol. The summed E-state index contributed by atoms with van der Waals surface area (Å²) >= 11 is 0. The van der Waals surface area contributed by atoms with E-state index in [2.05, 4.69) is 6.92 Å². The molecular formula is C26H54O4. The first-order chi connectivity index (χ1) is 14.5. The zero-order valence-electron chi connectivity index (χ0n) is 20.4. The van der Waals surface area contributed by atoms with Gasteiger partial charge in [-0.05, 0) is 12.8 Å². The van der Waals surface area contributed by atoms with Crippen LogP contribution in [0.2, 0.25) is 0 Å². The molecule has 0 spiro atoms. The summed E-state index contributed by atoms with van der Waals surface area (Å²) < 4.78 is 0. The Hall–Kier alpha value is -0.610. The van der Waals surface area contributed by atoms with Crippen molar-refractivity contribution < 1.29 is 20.1 Å². The van der Waals surface area contributed by atoms with E-state index in [0.29, 0.717) is 12.8 Å². The zero-order valence-corrected chi connectivity index (χ0v) is 20.4. The van der Waals surface area contributed by atoms with Gasteiger partial charge < -0.3 is 15.3 Å². The second-order valence-electron chi connectivity index (χ2n) is 8.78. The maximum atomic E-state index is 10.4. The molecule has 0 saturated carbocycles. The van der Waals surface area contributed by atoms with E-state index in [1.165, 1.54) is 109 Å². The van der Waals surface area contributed by atoms with Gasteiger partial charge in [-0.15, -0.1) is 0 Å². The predicted octanol–water partition coefficient (Wildman–Crippen LogP) is 7.99. The molecule has 4 heteroatoms. The second kappa shape index (κ2) is 28.4. The van der Waals surface area contributed by atoms with E-state index in [1.54, 1.807) is 0 Å². The van der Waals surface area contributed by atoms with Crippen LogP contribution in [0, 0.1) is 0 Å². The Bertz CT molecular complexity index is 318. The molecule has 182 valence electrons. The molecule has 0 fully saturated rings. The average molecular weight is 431 g/mol. The molecule has 0 aliphatic carbocycles. The number of carboxylic acid groups (broad SMARTS) is 1. The Balaban J connectivity index is 0. The number of hydrogen-bond donors (Lipinski definition) is 3. The van der Waals surface area contributed by atoms with E-state index in [9.17, 15) is 4.79 Å². The van der Waals surface area contributed by atoms with Crippen LogP contribution >= 0.6 is 0 Å². The van der Waals surface area contributed by atoms with Crippen LogP contribution in [0.3, 0.4) is 0 Å². The van der Waals surface area contributed by atoms with Gasteiger partial charge in [0.05, 0.1) is 0 Å².